The van der Waals surface area contributed by atoms with Crippen LogP contribution in [-0.2, 0) is 0 Å². The molecule has 0 aliphatic heterocycles. The predicted molar refractivity (Wildman–Crippen MR) is 134 cm³/mol. The summed E-state index contributed by atoms with van der Waals surface area (Å²) >= 11 is 0. The first-order valence-electron chi connectivity index (χ1n) is 11.5. The minimum atomic E-state index is -0.479. The third-order valence-corrected chi connectivity index (χ3v) is 5.85. The van der Waals surface area contributed by atoms with Crippen molar-refractivity contribution in [2.45, 2.75) is 79.2 Å². The molecule has 0 spiro atoms. The summed E-state index contributed by atoms with van der Waals surface area (Å²) in [5.41, 5.74) is 16.5. The zero-order valence-electron chi connectivity index (χ0n) is 19.9. The molecule has 4 nitrogen and oxygen atoms in total. The molecule has 1 atom stereocenters. The fraction of sp³-hybridized carbons (Fsp3) is 0.481. The summed E-state index contributed by atoms with van der Waals surface area (Å²) < 4.78 is 0. The van der Waals surface area contributed by atoms with Gasteiger partial charge in [0.25, 0.3) is 0 Å². The molecule has 0 fully saturated rings. The molecular formula is C27H39N3O. The fourth-order valence-electron chi connectivity index (χ4n) is 4.26. The molecule has 1 aromatic rings. The summed E-state index contributed by atoms with van der Waals surface area (Å²) in [7, 11) is 0. The lowest BCUT2D eigenvalue weighted by Gasteiger charge is -2.27. The number of allylic oxidation sites excluding steroid dienone is 6. The van der Waals surface area contributed by atoms with Crippen LogP contribution in [0.15, 0.2) is 45.6 Å². The van der Waals surface area contributed by atoms with Gasteiger partial charge in [0.1, 0.15) is 0 Å². The number of aliphatic hydroxyl groups is 1. The Morgan fingerprint density at radius 3 is 2.52 bits per heavy atom. The van der Waals surface area contributed by atoms with Gasteiger partial charge in [-0.2, -0.15) is 0 Å². The monoisotopic (exact) mass is 421 g/mol. The van der Waals surface area contributed by atoms with Crippen LogP contribution in [0.5, 0.6) is 0 Å². The van der Waals surface area contributed by atoms with Crippen LogP contribution < -0.4 is 5.73 Å². The van der Waals surface area contributed by atoms with Gasteiger partial charge in [0, 0.05) is 29.3 Å². The lowest BCUT2D eigenvalue weighted by Crippen LogP contribution is -2.12. The van der Waals surface area contributed by atoms with Crippen LogP contribution in [0.4, 0.5) is 0 Å². The Balaban J connectivity index is 2.76. The van der Waals surface area contributed by atoms with Crippen molar-refractivity contribution >= 4 is 18.0 Å². The zero-order chi connectivity index (χ0) is 23.0. The minimum Gasteiger partial charge on any atom is -0.402 e. The molecule has 0 bridgehead atoms. The molecule has 1 aliphatic carbocycles. The number of hydrogen-bond acceptors (Lipinski definition) is 4. The van der Waals surface area contributed by atoms with Crippen molar-refractivity contribution in [1.82, 2.24) is 0 Å². The van der Waals surface area contributed by atoms with Gasteiger partial charge in [-0.05, 0) is 93.2 Å². The van der Waals surface area contributed by atoms with Crippen molar-refractivity contribution < 1.29 is 5.11 Å². The van der Waals surface area contributed by atoms with E-state index in [9.17, 15) is 5.11 Å². The SMILES string of the molecule is CCC/C=C(C1=C(c2c(C)ccc(C)c2C=N)CCCC1)\C(C=NCC(C)O)=C(/C)N. The molecule has 168 valence electrons. The number of nitrogens with zero attached hydrogens (tertiary/aromatic N) is 1. The number of unbranched alkanes of at least 4 members (excludes halogenated alkanes) is 1. The highest BCUT2D eigenvalue weighted by Gasteiger charge is 2.23. The molecule has 31 heavy (non-hydrogen) atoms. The largest absolute Gasteiger partial charge is 0.402 e. The summed E-state index contributed by atoms with van der Waals surface area (Å²) in [6, 6.07) is 4.27. The summed E-state index contributed by atoms with van der Waals surface area (Å²) in [5, 5.41) is 17.7. The molecule has 1 unspecified atom stereocenters. The van der Waals surface area contributed by atoms with Gasteiger partial charge in [-0.25, -0.2) is 0 Å². The van der Waals surface area contributed by atoms with Crippen molar-refractivity contribution in [2.75, 3.05) is 6.54 Å². The molecule has 2 rings (SSSR count). The number of nitrogens with one attached hydrogen (secondary N) is 1. The first-order chi connectivity index (χ1) is 14.8. The standard InChI is InChI=1S/C27H39N3O/c1-6-7-10-23(26(21(5)29)17-30-16-20(4)31)22-11-8-9-12-24(22)27-19(3)14-13-18(2)25(27)15-28/h10,13-15,17,20,28,31H,6-9,11-12,16,29H2,1-5H3/b23-10-,26-21+,28-15?,30-17?. The van der Waals surface area contributed by atoms with E-state index in [1.165, 1.54) is 34.1 Å². The highest BCUT2D eigenvalue weighted by atomic mass is 16.3. The molecule has 0 aromatic heterocycles. The maximum Gasteiger partial charge on any atom is 0.0707 e. The number of benzene rings is 1. The second-order valence-corrected chi connectivity index (χ2v) is 8.64. The van der Waals surface area contributed by atoms with Crippen LogP contribution in [0.25, 0.3) is 5.57 Å². The first kappa shape index (κ1) is 24.8. The van der Waals surface area contributed by atoms with E-state index in [0.29, 0.717) is 6.54 Å². The number of aliphatic hydroxyl groups excluding tert-OH is 1. The third kappa shape index (κ3) is 6.27. The van der Waals surface area contributed by atoms with Gasteiger partial charge in [0.05, 0.1) is 12.6 Å². The van der Waals surface area contributed by atoms with Crippen LogP contribution in [0.2, 0.25) is 0 Å². The van der Waals surface area contributed by atoms with E-state index in [1.54, 1.807) is 6.92 Å². The molecule has 1 aliphatic rings. The Kier molecular flexibility index (Phi) is 9.44. The zero-order valence-corrected chi connectivity index (χ0v) is 19.9. The molecule has 0 heterocycles. The van der Waals surface area contributed by atoms with Crippen LogP contribution in [-0.4, -0.2) is 30.2 Å². The maximum absolute atomic E-state index is 9.63. The normalized spacial score (nSPS) is 17.2. The van der Waals surface area contributed by atoms with E-state index in [0.717, 1.165) is 60.9 Å². The molecular weight excluding hydrogens is 382 g/mol. The molecule has 4 N–H and O–H groups in total. The van der Waals surface area contributed by atoms with Crippen molar-refractivity contribution in [3.05, 3.63) is 62.9 Å². The third-order valence-electron chi connectivity index (χ3n) is 5.85. The number of rotatable bonds is 9. The molecule has 1 aromatic carbocycles. The second-order valence-electron chi connectivity index (χ2n) is 8.64. The Hall–Kier alpha value is -2.46. The average Bonchev–Trinajstić information content (AvgIpc) is 2.74. The predicted octanol–water partition coefficient (Wildman–Crippen LogP) is 6.04. The van der Waals surface area contributed by atoms with Gasteiger partial charge in [0.2, 0.25) is 0 Å². The van der Waals surface area contributed by atoms with E-state index in [4.69, 9.17) is 11.1 Å². The van der Waals surface area contributed by atoms with Gasteiger partial charge >= 0.3 is 0 Å². The van der Waals surface area contributed by atoms with Crippen molar-refractivity contribution in [1.29, 1.82) is 5.41 Å². The van der Waals surface area contributed by atoms with Crippen LogP contribution in [0.1, 0.15) is 81.5 Å². The smallest absolute Gasteiger partial charge is 0.0707 e. The fourth-order valence-corrected chi connectivity index (χ4v) is 4.26. The van der Waals surface area contributed by atoms with Crippen LogP contribution in [0, 0.1) is 19.3 Å². The molecule has 0 saturated heterocycles. The van der Waals surface area contributed by atoms with E-state index < -0.39 is 6.10 Å². The van der Waals surface area contributed by atoms with E-state index in [2.05, 4.69) is 44.0 Å². The average molecular weight is 422 g/mol. The number of aryl methyl sites for hydroxylation is 2. The van der Waals surface area contributed by atoms with Gasteiger partial charge in [-0.1, -0.05) is 31.6 Å². The highest BCUT2D eigenvalue weighted by molar-refractivity contribution is 5.94. The minimum absolute atomic E-state index is 0.360. The first-order valence-corrected chi connectivity index (χ1v) is 11.5. The van der Waals surface area contributed by atoms with Gasteiger partial charge < -0.3 is 16.2 Å². The van der Waals surface area contributed by atoms with E-state index >= 15 is 0 Å². The lowest BCUT2D eigenvalue weighted by atomic mass is 9.78. The molecule has 0 amide bonds. The van der Waals surface area contributed by atoms with Crippen LogP contribution in [0.3, 0.4) is 0 Å². The lowest BCUT2D eigenvalue weighted by molar-refractivity contribution is 0.204. The topological polar surface area (TPSA) is 82.5 Å². The van der Waals surface area contributed by atoms with E-state index in [-0.39, 0.29) is 0 Å². The number of aliphatic imine (C=N–C) groups is 1. The number of hydrogen-bond donors (Lipinski definition) is 3. The van der Waals surface area contributed by atoms with Gasteiger partial charge in [0.15, 0.2) is 0 Å². The van der Waals surface area contributed by atoms with Crippen molar-refractivity contribution in [2.24, 2.45) is 10.7 Å². The van der Waals surface area contributed by atoms with Crippen molar-refractivity contribution in [3.63, 3.8) is 0 Å². The maximum atomic E-state index is 9.63. The van der Waals surface area contributed by atoms with Gasteiger partial charge in [-0.15, -0.1) is 0 Å². The summed E-state index contributed by atoms with van der Waals surface area (Å²) in [6.45, 7) is 10.4. The van der Waals surface area contributed by atoms with Crippen molar-refractivity contribution in [3.8, 4) is 0 Å². The Morgan fingerprint density at radius 1 is 1.23 bits per heavy atom. The Labute approximate surface area is 188 Å². The Bertz CT molecular complexity index is 913. The van der Waals surface area contributed by atoms with E-state index in [1.807, 2.05) is 13.1 Å². The van der Waals surface area contributed by atoms with Crippen LogP contribution >= 0.6 is 0 Å². The molecule has 0 saturated carbocycles. The van der Waals surface area contributed by atoms with Gasteiger partial charge in [-0.3, -0.25) is 4.99 Å². The molecule has 4 heteroatoms. The number of nitrogens with two attached hydrogens (primary N) is 1. The summed E-state index contributed by atoms with van der Waals surface area (Å²) in [5.74, 6) is 0. The quantitative estimate of drug-likeness (QED) is 0.335. The summed E-state index contributed by atoms with van der Waals surface area (Å²) in [6.07, 6.45) is 11.5. The highest BCUT2D eigenvalue weighted by Crippen LogP contribution is 2.41. The Morgan fingerprint density at radius 2 is 1.90 bits per heavy atom. The summed E-state index contributed by atoms with van der Waals surface area (Å²) in [4.78, 5) is 4.47. The molecule has 0 radical (unpaired) electrons. The second kappa shape index (κ2) is 11.8.